The Morgan fingerprint density at radius 1 is 0.963 bits per heavy atom. The lowest BCUT2D eigenvalue weighted by molar-refractivity contribution is -0.124. The summed E-state index contributed by atoms with van der Waals surface area (Å²) in [5.74, 6) is 0.314. The second-order valence-electron chi connectivity index (χ2n) is 8.31. The number of hydrogen-bond donors (Lipinski definition) is 0. The molecule has 2 saturated heterocycles. The highest BCUT2D eigenvalue weighted by molar-refractivity contribution is 7.91. The summed E-state index contributed by atoms with van der Waals surface area (Å²) < 4.78 is 25.0. The molecular weight excluding hydrogens is 360 g/mol. The molecule has 2 aliphatic heterocycles. The van der Waals surface area contributed by atoms with E-state index in [1.54, 1.807) is 4.90 Å². The van der Waals surface area contributed by atoms with Crippen LogP contribution in [-0.2, 0) is 21.1 Å². The van der Waals surface area contributed by atoms with Crippen LogP contribution in [0.5, 0.6) is 0 Å². The van der Waals surface area contributed by atoms with Gasteiger partial charge in [0.2, 0.25) is 5.91 Å². The van der Waals surface area contributed by atoms with E-state index in [-0.39, 0.29) is 29.5 Å². The molecule has 1 saturated carbocycles. The van der Waals surface area contributed by atoms with E-state index in [1.807, 2.05) is 24.3 Å². The number of carbonyl (C=O) groups is 1. The largest absolute Gasteiger partial charge is 0.306 e. The standard InChI is InChI=1S/C21H30N2O3S/c1-2-16-9-11-18(12-10-16)23-20-15-27(25,26)14-19(20)22(13-21(23)24)17-7-5-3-4-6-8-17/h9-12,17,19-20H,2-8,13-15H2,1H3/t19-,20+/m0/s1. The van der Waals surface area contributed by atoms with Crippen LogP contribution in [0.4, 0.5) is 5.69 Å². The lowest BCUT2D eigenvalue weighted by Gasteiger charge is -2.46. The zero-order chi connectivity index (χ0) is 19.0. The number of hydrogen-bond acceptors (Lipinski definition) is 4. The third-order valence-electron chi connectivity index (χ3n) is 6.55. The van der Waals surface area contributed by atoms with Gasteiger partial charge in [0.05, 0.1) is 24.1 Å². The van der Waals surface area contributed by atoms with Crippen molar-refractivity contribution in [2.24, 2.45) is 0 Å². The van der Waals surface area contributed by atoms with Crippen molar-refractivity contribution in [1.29, 1.82) is 0 Å². The van der Waals surface area contributed by atoms with Gasteiger partial charge in [0.25, 0.3) is 0 Å². The normalized spacial score (nSPS) is 29.5. The first-order valence-corrected chi connectivity index (χ1v) is 12.2. The average Bonchev–Trinajstić information content (AvgIpc) is 2.82. The van der Waals surface area contributed by atoms with Crippen molar-refractivity contribution in [2.75, 3.05) is 23.0 Å². The third-order valence-corrected chi connectivity index (χ3v) is 8.25. The molecule has 0 N–H and O–H groups in total. The summed E-state index contributed by atoms with van der Waals surface area (Å²) >= 11 is 0. The minimum atomic E-state index is -3.12. The second kappa shape index (κ2) is 7.55. The zero-order valence-electron chi connectivity index (χ0n) is 16.1. The molecule has 3 aliphatic rings. The van der Waals surface area contributed by atoms with Gasteiger partial charge in [0, 0.05) is 17.8 Å². The number of aryl methyl sites for hydroxylation is 1. The van der Waals surface area contributed by atoms with E-state index in [0.717, 1.165) is 24.9 Å². The molecule has 0 unspecified atom stereocenters. The summed E-state index contributed by atoms with van der Waals surface area (Å²) in [5, 5.41) is 0. The molecule has 148 valence electrons. The van der Waals surface area contributed by atoms with E-state index < -0.39 is 9.84 Å². The van der Waals surface area contributed by atoms with Gasteiger partial charge in [-0.25, -0.2) is 8.42 Å². The second-order valence-corrected chi connectivity index (χ2v) is 10.5. The van der Waals surface area contributed by atoms with Gasteiger partial charge in [0.1, 0.15) is 0 Å². The van der Waals surface area contributed by atoms with Crippen molar-refractivity contribution in [3.8, 4) is 0 Å². The van der Waals surface area contributed by atoms with Crippen LogP contribution < -0.4 is 4.90 Å². The molecule has 27 heavy (non-hydrogen) atoms. The minimum Gasteiger partial charge on any atom is -0.306 e. The quantitative estimate of drug-likeness (QED) is 0.745. The van der Waals surface area contributed by atoms with Crippen molar-refractivity contribution in [3.05, 3.63) is 29.8 Å². The van der Waals surface area contributed by atoms with Crippen LogP contribution in [-0.4, -0.2) is 55.4 Å². The summed E-state index contributed by atoms with van der Waals surface area (Å²) in [5.41, 5.74) is 2.06. The Kier molecular flexibility index (Phi) is 5.30. The highest BCUT2D eigenvalue weighted by atomic mass is 32.2. The van der Waals surface area contributed by atoms with Crippen molar-refractivity contribution >= 4 is 21.4 Å². The predicted octanol–water partition coefficient (Wildman–Crippen LogP) is 2.79. The molecule has 1 amide bonds. The fourth-order valence-electron chi connectivity index (χ4n) is 5.13. The predicted molar refractivity (Wildman–Crippen MR) is 108 cm³/mol. The van der Waals surface area contributed by atoms with Crippen LogP contribution in [0.15, 0.2) is 24.3 Å². The van der Waals surface area contributed by atoms with Gasteiger partial charge in [-0.05, 0) is 37.0 Å². The summed E-state index contributed by atoms with van der Waals surface area (Å²) in [6, 6.07) is 8.05. The lowest BCUT2D eigenvalue weighted by Crippen LogP contribution is -2.64. The number of rotatable bonds is 3. The van der Waals surface area contributed by atoms with Gasteiger partial charge in [-0.2, -0.15) is 0 Å². The Morgan fingerprint density at radius 2 is 1.59 bits per heavy atom. The highest BCUT2D eigenvalue weighted by Crippen LogP contribution is 2.35. The molecule has 5 nitrogen and oxygen atoms in total. The monoisotopic (exact) mass is 390 g/mol. The number of sulfone groups is 1. The first-order valence-electron chi connectivity index (χ1n) is 10.4. The molecule has 2 heterocycles. The number of piperazine rings is 1. The maximum absolute atomic E-state index is 13.1. The first kappa shape index (κ1) is 18.9. The number of anilines is 1. The Balaban J connectivity index is 1.65. The number of nitrogens with zero attached hydrogens (tertiary/aromatic N) is 2. The Hall–Kier alpha value is -1.40. The van der Waals surface area contributed by atoms with Crippen molar-refractivity contribution in [2.45, 2.75) is 70.0 Å². The number of benzene rings is 1. The maximum atomic E-state index is 13.1. The molecule has 4 rings (SSSR count). The van der Waals surface area contributed by atoms with Gasteiger partial charge < -0.3 is 4.90 Å². The van der Waals surface area contributed by atoms with Gasteiger partial charge in [0.15, 0.2) is 9.84 Å². The Morgan fingerprint density at radius 3 is 2.22 bits per heavy atom. The molecule has 1 aromatic carbocycles. The van der Waals surface area contributed by atoms with Crippen LogP contribution in [0.25, 0.3) is 0 Å². The molecule has 1 aromatic rings. The van der Waals surface area contributed by atoms with E-state index in [2.05, 4.69) is 11.8 Å². The zero-order valence-corrected chi connectivity index (χ0v) is 17.0. The molecule has 3 fully saturated rings. The van der Waals surface area contributed by atoms with Gasteiger partial charge in [-0.15, -0.1) is 0 Å². The van der Waals surface area contributed by atoms with Crippen molar-refractivity contribution < 1.29 is 13.2 Å². The van der Waals surface area contributed by atoms with Crippen LogP contribution >= 0.6 is 0 Å². The number of carbonyl (C=O) groups excluding carboxylic acids is 1. The Labute approximate surface area is 162 Å². The topological polar surface area (TPSA) is 57.7 Å². The summed E-state index contributed by atoms with van der Waals surface area (Å²) in [4.78, 5) is 17.2. The van der Waals surface area contributed by atoms with E-state index in [9.17, 15) is 13.2 Å². The van der Waals surface area contributed by atoms with E-state index in [1.165, 1.54) is 31.2 Å². The third kappa shape index (κ3) is 3.79. The Bertz CT molecular complexity index is 782. The molecular formula is C21H30N2O3S. The van der Waals surface area contributed by atoms with Gasteiger partial charge in [-0.1, -0.05) is 44.7 Å². The summed E-state index contributed by atoms with van der Waals surface area (Å²) in [6.45, 7) is 2.45. The lowest BCUT2D eigenvalue weighted by atomic mass is 9.97. The van der Waals surface area contributed by atoms with E-state index >= 15 is 0 Å². The van der Waals surface area contributed by atoms with Gasteiger partial charge >= 0.3 is 0 Å². The van der Waals surface area contributed by atoms with E-state index in [0.29, 0.717) is 12.6 Å². The molecule has 0 bridgehead atoms. The molecule has 0 aromatic heterocycles. The first-order chi connectivity index (χ1) is 13.0. The van der Waals surface area contributed by atoms with Crippen molar-refractivity contribution in [3.63, 3.8) is 0 Å². The van der Waals surface area contributed by atoms with Crippen LogP contribution in [0, 0.1) is 0 Å². The molecule has 0 radical (unpaired) electrons. The molecule has 0 spiro atoms. The number of fused-ring (bicyclic) bond motifs is 1. The minimum absolute atomic E-state index is 0.0434. The number of amides is 1. The maximum Gasteiger partial charge on any atom is 0.241 e. The summed E-state index contributed by atoms with van der Waals surface area (Å²) in [7, 11) is -3.12. The van der Waals surface area contributed by atoms with E-state index in [4.69, 9.17) is 0 Å². The average molecular weight is 391 g/mol. The van der Waals surface area contributed by atoms with Crippen LogP contribution in [0.1, 0.15) is 51.0 Å². The van der Waals surface area contributed by atoms with Crippen molar-refractivity contribution in [1.82, 2.24) is 4.90 Å². The molecule has 2 atom stereocenters. The SMILES string of the molecule is CCc1ccc(N2C(=O)CN(C3CCCCCC3)[C@H]3CS(=O)(=O)C[C@H]32)cc1. The fourth-order valence-corrected chi connectivity index (χ4v) is 7.09. The summed E-state index contributed by atoms with van der Waals surface area (Å²) in [6.07, 6.45) is 7.98. The molecule has 6 heteroatoms. The van der Waals surface area contributed by atoms with Gasteiger partial charge in [-0.3, -0.25) is 9.69 Å². The van der Waals surface area contributed by atoms with Crippen LogP contribution in [0.2, 0.25) is 0 Å². The smallest absolute Gasteiger partial charge is 0.241 e. The van der Waals surface area contributed by atoms with Crippen LogP contribution in [0.3, 0.4) is 0 Å². The molecule has 1 aliphatic carbocycles. The fraction of sp³-hybridized carbons (Fsp3) is 0.667. The highest BCUT2D eigenvalue weighted by Gasteiger charge is 2.51.